The highest BCUT2D eigenvalue weighted by molar-refractivity contribution is 7.98. The third-order valence-electron chi connectivity index (χ3n) is 4.61. The largest absolute Gasteiger partial charge is 0.422 e. The van der Waals surface area contributed by atoms with Gasteiger partial charge in [0, 0.05) is 10.8 Å². The number of nitrogens with zero attached hydrogens (tertiary/aromatic N) is 3. The number of thioether (sulfide) groups is 1. The number of rotatable bonds is 4. The number of nitrogen functional groups attached to an aromatic ring is 1. The first-order chi connectivity index (χ1) is 14.5. The second-order valence-electron chi connectivity index (χ2n) is 6.47. The first-order valence-corrected chi connectivity index (χ1v) is 10.2. The molecule has 150 valence electrons. The maximum absolute atomic E-state index is 13.4. The molecule has 1 aliphatic rings. The van der Waals surface area contributed by atoms with Gasteiger partial charge in [0.05, 0.1) is 11.5 Å². The van der Waals surface area contributed by atoms with Crippen LogP contribution in [0.1, 0.15) is 22.6 Å². The van der Waals surface area contributed by atoms with E-state index in [1.165, 1.54) is 23.9 Å². The SMILES string of the molecule is N#CC1=C(N)Oc2nc(SCc3ccccc3Cl)nc(N)c2[C@@H]1c1ccc(F)cc1. The fourth-order valence-corrected chi connectivity index (χ4v) is 4.30. The molecule has 0 fully saturated rings. The lowest BCUT2D eigenvalue weighted by Gasteiger charge is -2.26. The zero-order valence-electron chi connectivity index (χ0n) is 15.5. The fourth-order valence-electron chi connectivity index (χ4n) is 3.17. The molecule has 0 aliphatic carbocycles. The van der Waals surface area contributed by atoms with Gasteiger partial charge in [0.1, 0.15) is 23.3 Å². The summed E-state index contributed by atoms with van der Waals surface area (Å²) in [6.45, 7) is 0. The molecule has 1 aliphatic heterocycles. The number of nitrogens with two attached hydrogens (primary N) is 2. The van der Waals surface area contributed by atoms with E-state index < -0.39 is 11.7 Å². The molecule has 6 nitrogen and oxygen atoms in total. The average Bonchev–Trinajstić information content (AvgIpc) is 2.73. The van der Waals surface area contributed by atoms with E-state index in [0.29, 0.717) is 27.1 Å². The van der Waals surface area contributed by atoms with Crippen LogP contribution in [-0.2, 0) is 5.75 Å². The van der Waals surface area contributed by atoms with Gasteiger partial charge in [-0.2, -0.15) is 10.2 Å². The van der Waals surface area contributed by atoms with Crippen molar-refractivity contribution in [2.75, 3.05) is 5.73 Å². The van der Waals surface area contributed by atoms with Crippen LogP contribution in [0.15, 0.2) is 65.1 Å². The number of benzene rings is 2. The number of nitriles is 1. The van der Waals surface area contributed by atoms with Crippen LogP contribution in [0.25, 0.3) is 0 Å². The van der Waals surface area contributed by atoms with Crippen LogP contribution in [0, 0.1) is 17.1 Å². The van der Waals surface area contributed by atoms with Gasteiger partial charge in [-0.1, -0.05) is 53.7 Å². The number of fused-ring (bicyclic) bond motifs is 1. The van der Waals surface area contributed by atoms with Gasteiger partial charge in [0.15, 0.2) is 5.16 Å². The molecular formula is C21H15ClFN5OS. The summed E-state index contributed by atoms with van der Waals surface area (Å²) < 4.78 is 19.0. The minimum atomic E-state index is -0.651. The van der Waals surface area contributed by atoms with Gasteiger partial charge in [-0.25, -0.2) is 9.37 Å². The van der Waals surface area contributed by atoms with Gasteiger partial charge in [0.2, 0.25) is 11.8 Å². The Morgan fingerprint density at radius 2 is 1.87 bits per heavy atom. The normalized spacial score (nSPS) is 15.3. The summed E-state index contributed by atoms with van der Waals surface area (Å²) >= 11 is 7.55. The highest BCUT2D eigenvalue weighted by Gasteiger charge is 2.34. The topological polar surface area (TPSA) is 111 Å². The van der Waals surface area contributed by atoms with Crippen LogP contribution in [0.5, 0.6) is 5.88 Å². The van der Waals surface area contributed by atoms with Gasteiger partial charge >= 0.3 is 0 Å². The monoisotopic (exact) mass is 439 g/mol. The molecule has 0 radical (unpaired) electrons. The first kappa shape index (κ1) is 20.0. The van der Waals surface area contributed by atoms with Crippen molar-refractivity contribution in [3.05, 3.63) is 87.5 Å². The van der Waals surface area contributed by atoms with Crippen LogP contribution in [0.3, 0.4) is 0 Å². The molecule has 0 saturated heterocycles. The summed E-state index contributed by atoms with van der Waals surface area (Å²) in [4.78, 5) is 8.82. The zero-order chi connectivity index (χ0) is 21.3. The molecule has 2 aromatic carbocycles. The summed E-state index contributed by atoms with van der Waals surface area (Å²) in [6.07, 6.45) is 0. The molecule has 3 aromatic rings. The van der Waals surface area contributed by atoms with Crippen molar-refractivity contribution in [1.82, 2.24) is 9.97 Å². The average molecular weight is 440 g/mol. The Balaban J connectivity index is 1.72. The van der Waals surface area contributed by atoms with Gasteiger partial charge in [-0.05, 0) is 29.3 Å². The predicted molar refractivity (Wildman–Crippen MR) is 113 cm³/mol. The maximum atomic E-state index is 13.4. The van der Waals surface area contributed by atoms with Crippen LogP contribution < -0.4 is 16.2 Å². The summed E-state index contributed by atoms with van der Waals surface area (Å²) in [5.41, 5.74) is 14.4. The van der Waals surface area contributed by atoms with E-state index in [1.807, 2.05) is 24.3 Å². The van der Waals surface area contributed by atoms with Gasteiger partial charge in [0.25, 0.3) is 0 Å². The van der Waals surface area contributed by atoms with Crippen molar-refractivity contribution < 1.29 is 9.13 Å². The first-order valence-electron chi connectivity index (χ1n) is 8.84. The molecule has 1 atom stereocenters. The third kappa shape index (κ3) is 3.77. The molecule has 0 spiro atoms. The van der Waals surface area contributed by atoms with Crippen molar-refractivity contribution in [1.29, 1.82) is 5.26 Å². The van der Waals surface area contributed by atoms with E-state index in [9.17, 15) is 9.65 Å². The Labute approximate surface area is 181 Å². The summed E-state index contributed by atoms with van der Waals surface area (Å²) in [5.74, 6) is -0.238. The Kier molecular flexibility index (Phi) is 5.48. The minimum absolute atomic E-state index is 0.0699. The Morgan fingerprint density at radius 1 is 1.13 bits per heavy atom. The Hall–Kier alpha value is -3.28. The standard InChI is InChI=1S/C21H15ClFN5OS/c22-15-4-2-1-3-12(15)10-30-21-27-18(25)17-16(11-5-7-13(23)8-6-11)14(9-24)19(26)29-20(17)28-21/h1-8,16H,10,26H2,(H2,25,27,28)/t16-/m1/s1. The molecular weight excluding hydrogens is 425 g/mol. The molecule has 0 amide bonds. The zero-order valence-corrected chi connectivity index (χ0v) is 17.0. The van der Waals surface area contributed by atoms with Crippen molar-refractivity contribution in [2.24, 2.45) is 5.73 Å². The molecule has 0 saturated carbocycles. The lowest BCUT2D eigenvalue weighted by Crippen LogP contribution is -2.23. The highest BCUT2D eigenvalue weighted by atomic mass is 35.5. The Bertz CT molecular complexity index is 1190. The molecule has 4 rings (SSSR count). The number of ether oxygens (including phenoxy) is 1. The molecule has 0 bridgehead atoms. The van der Waals surface area contributed by atoms with Gasteiger partial charge < -0.3 is 16.2 Å². The second kappa shape index (κ2) is 8.22. The number of aromatic nitrogens is 2. The van der Waals surface area contributed by atoms with Crippen LogP contribution in [-0.4, -0.2) is 9.97 Å². The third-order valence-corrected chi connectivity index (χ3v) is 5.87. The predicted octanol–water partition coefficient (Wildman–Crippen LogP) is 4.36. The lowest BCUT2D eigenvalue weighted by atomic mass is 9.85. The van der Waals surface area contributed by atoms with E-state index in [4.69, 9.17) is 27.8 Å². The van der Waals surface area contributed by atoms with Gasteiger partial charge in [-0.15, -0.1) is 0 Å². The number of anilines is 1. The molecule has 9 heteroatoms. The van der Waals surface area contributed by atoms with Crippen molar-refractivity contribution >= 4 is 29.2 Å². The number of hydrogen-bond acceptors (Lipinski definition) is 7. The van der Waals surface area contributed by atoms with Crippen LogP contribution in [0.4, 0.5) is 10.2 Å². The van der Waals surface area contributed by atoms with E-state index in [1.54, 1.807) is 12.1 Å². The van der Waals surface area contributed by atoms with Crippen LogP contribution in [0.2, 0.25) is 5.02 Å². The molecule has 1 aromatic heterocycles. The quantitative estimate of drug-likeness (QED) is 0.458. The van der Waals surface area contributed by atoms with E-state index in [0.717, 1.165) is 5.56 Å². The van der Waals surface area contributed by atoms with Crippen molar-refractivity contribution in [3.63, 3.8) is 0 Å². The highest BCUT2D eigenvalue weighted by Crippen LogP contribution is 2.44. The van der Waals surface area contributed by atoms with E-state index in [2.05, 4.69) is 16.0 Å². The van der Waals surface area contributed by atoms with Crippen LogP contribution >= 0.6 is 23.4 Å². The summed E-state index contributed by atoms with van der Waals surface area (Å²) in [5, 5.41) is 10.6. The lowest BCUT2D eigenvalue weighted by molar-refractivity contribution is 0.373. The van der Waals surface area contributed by atoms with E-state index >= 15 is 0 Å². The Morgan fingerprint density at radius 3 is 2.57 bits per heavy atom. The number of halogens is 2. The molecule has 30 heavy (non-hydrogen) atoms. The molecule has 4 N–H and O–H groups in total. The second-order valence-corrected chi connectivity index (χ2v) is 7.82. The molecule has 0 unspecified atom stereocenters. The summed E-state index contributed by atoms with van der Waals surface area (Å²) in [7, 11) is 0. The summed E-state index contributed by atoms with van der Waals surface area (Å²) in [6, 6.07) is 15.3. The number of allylic oxidation sites excluding steroid dienone is 1. The number of hydrogen-bond donors (Lipinski definition) is 2. The maximum Gasteiger partial charge on any atom is 0.231 e. The fraction of sp³-hybridized carbons (Fsp3) is 0.0952. The van der Waals surface area contributed by atoms with Gasteiger partial charge in [-0.3, -0.25) is 0 Å². The minimum Gasteiger partial charge on any atom is -0.422 e. The molecule has 2 heterocycles. The van der Waals surface area contributed by atoms with Crippen molar-refractivity contribution in [2.45, 2.75) is 16.8 Å². The smallest absolute Gasteiger partial charge is 0.231 e. The van der Waals surface area contributed by atoms with Crippen molar-refractivity contribution in [3.8, 4) is 11.9 Å². The van der Waals surface area contributed by atoms with E-state index in [-0.39, 0.29) is 23.2 Å².